The third kappa shape index (κ3) is 4.63. The van der Waals surface area contributed by atoms with Crippen molar-refractivity contribution in [1.82, 2.24) is 29.4 Å². The zero-order chi connectivity index (χ0) is 28.2. The number of hydrogen-bond acceptors (Lipinski definition) is 8. The van der Waals surface area contributed by atoms with Crippen LogP contribution in [0.5, 0.6) is 0 Å². The van der Waals surface area contributed by atoms with Crippen molar-refractivity contribution in [3.8, 4) is 11.3 Å². The van der Waals surface area contributed by atoms with E-state index in [2.05, 4.69) is 39.1 Å². The number of nitrogens with zero attached hydrogens (tertiary/aromatic N) is 6. The maximum atomic E-state index is 15.1. The van der Waals surface area contributed by atoms with Crippen LogP contribution in [0, 0.1) is 11.6 Å². The number of rotatable bonds is 5. The van der Waals surface area contributed by atoms with Gasteiger partial charge in [-0.2, -0.15) is 0 Å². The zero-order valence-electron chi connectivity index (χ0n) is 22.3. The van der Waals surface area contributed by atoms with Crippen molar-refractivity contribution < 1.29 is 23.1 Å². The predicted molar refractivity (Wildman–Crippen MR) is 142 cm³/mol. The molecule has 40 heavy (non-hydrogen) atoms. The fraction of sp³-hybridized carbons (Fsp3) is 0.357. The van der Waals surface area contributed by atoms with Crippen LogP contribution >= 0.6 is 0 Å². The SMILES string of the molecule is CC(=O)OCC(=O)N1CCc2nc(Nc3ncc(F)c(-c4cc(F)c5nc6n(c5c4)C(C)(C)CC6)n3)ccc2C1. The van der Waals surface area contributed by atoms with Crippen molar-refractivity contribution in [3.63, 3.8) is 0 Å². The van der Waals surface area contributed by atoms with Crippen molar-refractivity contribution in [2.45, 2.75) is 52.1 Å². The van der Waals surface area contributed by atoms with Gasteiger partial charge in [-0.05, 0) is 44.0 Å². The molecule has 0 atom stereocenters. The molecular weight excluding hydrogens is 520 g/mol. The largest absolute Gasteiger partial charge is 0.456 e. The Morgan fingerprint density at radius 2 is 1.93 bits per heavy atom. The molecule has 10 nitrogen and oxygen atoms in total. The molecule has 0 spiro atoms. The minimum absolute atomic E-state index is 0.0375. The first-order valence-electron chi connectivity index (χ1n) is 13.0. The second-order valence-electron chi connectivity index (χ2n) is 10.7. The fourth-order valence-electron chi connectivity index (χ4n) is 5.39. The Morgan fingerprint density at radius 3 is 2.73 bits per heavy atom. The number of anilines is 2. The number of nitrogens with one attached hydrogen (secondary N) is 1. The number of ether oxygens (including phenoxy) is 1. The summed E-state index contributed by atoms with van der Waals surface area (Å²) in [6, 6.07) is 6.53. The number of hydrogen-bond donors (Lipinski definition) is 1. The molecule has 2 aliphatic heterocycles. The van der Waals surface area contributed by atoms with Gasteiger partial charge in [-0.15, -0.1) is 0 Å². The summed E-state index contributed by atoms with van der Waals surface area (Å²) in [4.78, 5) is 42.4. The Morgan fingerprint density at radius 1 is 1.10 bits per heavy atom. The molecule has 0 aliphatic carbocycles. The molecule has 4 aromatic rings. The Kier molecular flexibility index (Phi) is 6.20. The van der Waals surface area contributed by atoms with Crippen molar-refractivity contribution in [2.24, 2.45) is 0 Å². The molecule has 0 saturated carbocycles. The van der Waals surface area contributed by atoms with Crippen molar-refractivity contribution >= 4 is 34.7 Å². The van der Waals surface area contributed by atoms with Crippen LogP contribution in [0.2, 0.25) is 0 Å². The fourth-order valence-corrected chi connectivity index (χ4v) is 5.39. The molecule has 0 radical (unpaired) electrons. The first-order valence-corrected chi connectivity index (χ1v) is 13.0. The molecule has 1 aromatic carbocycles. The Labute approximate surface area is 228 Å². The van der Waals surface area contributed by atoms with Crippen LogP contribution in [-0.2, 0) is 39.3 Å². The molecule has 12 heteroatoms. The highest BCUT2D eigenvalue weighted by molar-refractivity contribution is 5.83. The van der Waals surface area contributed by atoms with Gasteiger partial charge in [0.15, 0.2) is 18.2 Å². The van der Waals surface area contributed by atoms with Crippen LogP contribution in [0.3, 0.4) is 0 Å². The van der Waals surface area contributed by atoms with Crippen LogP contribution < -0.4 is 5.32 Å². The van der Waals surface area contributed by atoms with Gasteiger partial charge in [0.05, 0.1) is 11.7 Å². The summed E-state index contributed by atoms with van der Waals surface area (Å²) < 4.78 is 36.9. The smallest absolute Gasteiger partial charge is 0.303 e. The number of halogens is 2. The molecule has 3 aromatic heterocycles. The Hall–Kier alpha value is -4.48. The number of pyridine rings is 1. The van der Waals surface area contributed by atoms with E-state index < -0.39 is 17.6 Å². The zero-order valence-corrected chi connectivity index (χ0v) is 22.3. The van der Waals surface area contributed by atoms with Gasteiger partial charge in [0.2, 0.25) is 5.95 Å². The van der Waals surface area contributed by atoms with Crippen LogP contribution in [-0.4, -0.2) is 54.4 Å². The monoisotopic (exact) mass is 547 g/mol. The normalized spacial score (nSPS) is 15.6. The van der Waals surface area contributed by atoms with Gasteiger partial charge >= 0.3 is 5.97 Å². The summed E-state index contributed by atoms with van der Waals surface area (Å²) in [7, 11) is 0. The van der Waals surface area contributed by atoms with Crippen molar-refractivity contribution in [1.29, 1.82) is 0 Å². The van der Waals surface area contributed by atoms with Crippen molar-refractivity contribution in [2.75, 3.05) is 18.5 Å². The third-order valence-corrected chi connectivity index (χ3v) is 7.41. The summed E-state index contributed by atoms with van der Waals surface area (Å²) in [5.74, 6) is -0.609. The summed E-state index contributed by atoms with van der Waals surface area (Å²) in [5.41, 5.74) is 2.57. The molecule has 0 bridgehead atoms. The summed E-state index contributed by atoms with van der Waals surface area (Å²) in [6.07, 6.45) is 3.20. The molecule has 0 unspecified atom stereocenters. The van der Waals surface area contributed by atoms with E-state index in [1.807, 2.05) is 10.6 Å². The standard InChI is InChI=1S/C28H27F2N7O3/c1-15(38)40-14-24(39)36-9-7-20-16(13-36)4-5-22(32-20)33-27-31-12-19(30)25(35-27)17-10-18(29)26-21(11-17)37-23(34-26)6-8-28(37,2)3/h4-5,10-12H,6-9,13-14H2,1-3H3,(H,31,32,33,35). The van der Waals surface area contributed by atoms with E-state index in [-0.39, 0.29) is 40.8 Å². The van der Waals surface area contributed by atoms with E-state index >= 15 is 4.39 Å². The van der Waals surface area contributed by atoms with E-state index in [0.717, 1.165) is 36.1 Å². The second-order valence-corrected chi connectivity index (χ2v) is 10.7. The average molecular weight is 548 g/mol. The first kappa shape index (κ1) is 25.8. The lowest BCUT2D eigenvalue weighted by molar-refractivity contribution is -0.150. The van der Waals surface area contributed by atoms with Crippen molar-refractivity contribution in [3.05, 3.63) is 59.2 Å². The van der Waals surface area contributed by atoms with E-state index in [4.69, 9.17) is 4.74 Å². The van der Waals surface area contributed by atoms with E-state index in [1.165, 1.54) is 13.0 Å². The summed E-state index contributed by atoms with van der Waals surface area (Å²) in [6.45, 7) is 5.90. The molecule has 6 rings (SSSR count). The first-order chi connectivity index (χ1) is 19.1. The molecule has 206 valence electrons. The number of amides is 1. The number of carbonyl (C=O) groups is 2. The lowest BCUT2D eigenvalue weighted by Crippen LogP contribution is -2.38. The van der Waals surface area contributed by atoms with Crippen LogP contribution in [0.1, 0.15) is 44.3 Å². The second kappa shape index (κ2) is 9.61. The number of esters is 1. The van der Waals surface area contributed by atoms with Gasteiger partial charge in [0.25, 0.3) is 5.91 Å². The van der Waals surface area contributed by atoms with Gasteiger partial charge in [0, 0.05) is 49.7 Å². The number of aryl methyl sites for hydroxylation is 1. The van der Waals surface area contributed by atoms with Crippen LogP contribution in [0.4, 0.5) is 20.5 Å². The molecule has 2 aliphatic rings. The topological polar surface area (TPSA) is 115 Å². The van der Waals surface area contributed by atoms with Gasteiger partial charge in [-0.25, -0.2) is 28.7 Å². The van der Waals surface area contributed by atoms with E-state index in [0.29, 0.717) is 30.8 Å². The molecule has 5 heterocycles. The number of fused-ring (bicyclic) bond motifs is 4. The molecule has 1 amide bonds. The molecule has 1 N–H and O–H groups in total. The van der Waals surface area contributed by atoms with Crippen LogP contribution in [0.15, 0.2) is 30.5 Å². The van der Waals surface area contributed by atoms with Gasteiger partial charge < -0.3 is 19.5 Å². The number of imidazole rings is 1. The molecule has 0 saturated heterocycles. The number of benzene rings is 1. The van der Waals surface area contributed by atoms with Gasteiger partial charge in [-0.1, -0.05) is 6.07 Å². The quantitative estimate of drug-likeness (QED) is 0.373. The average Bonchev–Trinajstić information content (AvgIpc) is 3.45. The Bertz CT molecular complexity index is 1680. The predicted octanol–water partition coefficient (Wildman–Crippen LogP) is 4.04. The highest BCUT2D eigenvalue weighted by Crippen LogP contribution is 2.38. The maximum Gasteiger partial charge on any atom is 0.303 e. The molecular formula is C28H27F2N7O3. The van der Waals surface area contributed by atoms with Gasteiger partial charge in [-0.3, -0.25) is 9.59 Å². The lowest BCUT2D eigenvalue weighted by Gasteiger charge is -2.28. The lowest BCUT2D eigenvalue weighted by atomic mass is 10.0. The minimum Gasteiger partial charge on any atom is -0.456 e. The summed E-state index contributed by atoms with van der Waals surface area (Å²) >= 11 is 0. The third-order valence-electron chi connectivity index (χ3n) is 7.41. The van der Waals surface area contributed by atoms with E-state index in [9.17, 15) is 14.0 Å². The minimum atomic E-state index is -0.679. The number of carbonyl (C=O) groups excluding carboxylic acids is 2. The highest BCUT2D eigenvalue weighted by atomic mass is 19.1. The van der Waals surface area contributed by atoms with E-state index in [1.54, 1.807) is 17.0 Å². The number of aromatic nitrogens is 5. The maximum absolute atomic E-state index is 15.1. The Balaban J connectivity index is 1.25. The molecule has 0 fully saturated rings. The van der Waals surface area contributed by atoms with Crippen LogP contribution in [0.25, 0.3) is 22.3 Å². The summed E-state index contributed by atoms with van der Waals surface area (Å²) in [5, 5.41) is 3.01. The highest BCUT2D eigenvalue weighted by Gasteiger charge is 2.33. The van der Waals surface area contributed by atoms with Gasteiger partial charge in [0.1, 0.15) is 22.9 Å².